The van der Waals surface area contributed by atoms with Gasteiger partial charge in [-0.2, -0.15) is 16.8 Å². The molecule has 3 aromatic carbocycles. The molecule has 0 saturated heterocycles. The smallest absolute Gasteiger partial charge is 1.00 e. The number of ketones is 2. The molecule has 0 spiro atoms. The molecule has 1 aliphatic carbocycles. The SMILES string of the molecule is Nc1ccc(Nc2cc(S(=O)(=O)O)c(N)c3c2C(=O)c2ccccc2C3=O)cc1S(=O)(=O)O.[H-].[H-].[Na+].[Na+]. The fraction of sp³-hybridized carbons (Fsp3) is 0. The second-order valence-corrected chi connectivity index (χ2v) is 9.90. The summed E-state index contributed by atoms with van der Waals surface area (Å²) in [5.41, 5.74) is 9.69. The molecule has 0 bridgehead atoms. The van der Waals surface area contributed by atoms with Crippen LogP contribution in [0.2, 0.25) is 0 Å². The van der Waals surface area contributed by atoms with Crippen molar-refractivity contribution in [2.45, 2.75) is 9.79 Å². The molecule has 11 nitrogen and oxygen atoms in total. The maximum absolute atomic E-state index is 13.2. The van der Waals surface area contributed by atoms with Crippen LogP contribution in [-0.2, 0) is 20.2 Å². The molecule has 1 aliphatic rings. The molecule has 7 N–H and O–H groups in total. The van der Waals surface area contributed by atoms with E-state index in [0.717, 1.165) is 18.2 Å². The molecule has 0 atom stereocenters. The number of benzene rings is 3. The first-order valence-corrected chi connectivity index (χ1v) is 11.9. The predicted octanol–water partition coefficient (Wildman–Crippen LogP) is -3.90. The second-order valence-electron chi connectivity index (χ2n) is 7.12. The van der Waals surface area contributed by atoms with Crippen LogP contribution in [-0.4, -0.2) is 37.5 Å². The first kappa shape index (κ1) is 29.5. The van der Waals surface area contributed by atoms with Crippen LogP contribution in [0.5, 0.6) is 0 Å². The number of hydrogen-bond acceptors (Lipinski definition) is 9. The Kier molecular flexibility index (Phi) is 8.67. The van der Waals surface area contributed by atoms with E-state index in [4.69, 9.17) is 11.5 Å². The van der Waals surface area contributed by atoms with Crippen molar-refractivity contribution in [2.75, 3.05) is 16.8 Å². The Balaban J connectivity index is 0.00000324. The number of anilines is 4. The third kappa shape index (κ3) is 5.34. The van der Waals surface area contributed by atoms with Crippen LogP contribution in [0.25, 0.3) is 0 Å². The third-order valence-electron chi connectivity index (χ3n) is 5.05. The van der Waals surface area contributed by atoms with Crippen LogP contribution in [0.4, 0.5) is 22.7 Å². The number of hydrogen-bond donors (Lipinski definition) is 5. The zero-order chi connectivity index (χ0) is 24.3. The van der Waals surface area contributed by atoms with Gasteiger partial charge in [0.15, 0.2) is 11.6 Å². The van der Waals surface area contributed by atoms with E-state index in [-0.39, 0.29) is 95.7 Å². The quantitative estimate of drug-likeness (QED) is 0.0966. The monoisotopic (exact) mass is 537 g/mol. The molecule has 3 aromatic rings. The van der Waals surface area contributed by atoms with E-state index < -0.39 is 52.8 Å². The summed E-state index contributed by atoms with van der Waals surface area (Å²) in [4.78, 5) is 24.9. The number of rotatable bonds is 4. The van der Waals surface area contributed by atoms with E-state index in [1.807, 2.05) is 0 Å². The maximum Gasteiger partial charge on any atom is 1.00 e. The number of carbonyl (C=O) groups excluding carboxylic acids is 2. The van der Waals surface area contributed by atoms with Crippen LogP contribution < -0.4 is 75.9 Å². The molecule has 4 rings (SSSR count). The molecule has 0 unspecified atom stereocenters. The van der Waals surface area contributed by atoms with Gasteiger partial charge in [-0.1, -0.05) is 24.3 Å². The van der Waals surface area contributed by atoms with Crippen LogP contribution in [0.1, 0.15) is 34.7 Å². The molecule has 0 saturated carbocycles. The normalized spacial score (nSPS) is 12.6. The molecular weight excluding hydrogens is 520 g/mol. The Morgan fingerprint density at radius 1 is 0.743 bits per heavy atom. The summed E-state index contributed by atoms with van der Waals surface area (Å²) in [5, 5.41) is 2.66. The molecule has 174 valence electrons. The zero-order valence-corrected chi connectivity index (χ0v) is 24.1. The summed E-state index contributed by atoms with van der Waals surface area (Å²) in [6, 6.07) is 10.1. The van der Waals surface area contributed by atoms with Gasteiger partial charge >= 0.3 is 59.1 Å². The van der Waals surface area contributed by atoms with Gasteiger partial charge in [-0.15, -0.1) is 0 Å². The summed E-state index contributed by atoms with van der Waals surface area (Å²) in [6.45, 7) is 0. The average molecular weight is 537 g/mol. The number of nitrogens with two attached hydrogens (primary N) is 2. The third-order valence-corrected chi connectivity index (χ3v) is 6.85. The Labute approximate surface area is 247 Å². The average Bonchev–Trinajstić information content (AvgIpc) is 2.72. The van der Waals surface area contributed by atoms with Crippen LogP contribution >= 0.6 is 0 Å². The van der Waals surface area contributed by atoms with E-state index in [1.54, 1.807) is 0 Å². The van der Waals surface area contributed by atoms with Crippen molar-refractivity contribution in [3.63, 3.8) is 0 Å². The van der Waals surface area contributed by atoms with E-state index in [0.29, 0.717) is 0 Å². The first-order valence-electron chi connectivity index (χ1n) is 9.07. The number of carbonyl (C=O) groups is 2. The van der Waals surface area contributed by atoms with Crippen molar-refractivity contribution < 1.29 is 97.5 Å². The molecule has 0 fully saturated rings. The minimum atomic E-state index is -4.92. The van der Waals surface area contributed by atoms with E-state index in [1.165, 1.54) is 30.3 Å². The van der Waals surface area contributed by atoms with Gasteiger partial charge in [0.25, 0.3) is 20.2 Å². The van der Waals surface area contributed by atoms with Crippen LogP contribution in [0.3, 0.4) is 0 Å². The van der Waals surface area contributed by atoms with Gasteiger partial charge in [-0.25, -0.2) is 0 Å². The molecule has 35 heavy (non-hydrogen) atoms. The molecule has 0 amide bonds. The fourth-order valence-corrected chi connectivity index (χ4v) is 4.89. The summed E-state index contributed by atoms with van der Waals surface area (Å²) in [7, 11) is -9.63. The topological polar surface area (TPSA) is 207 Å². The van der Waals surface area contributed by atoms with Crippen LogP contribution in [0.15, 0.2) is 58.3 Å². The number of nitrogen functional groups attached to an aromatic ring is 2. The van der Waals surface area contributed by atoms with E-state index >= 15 is 0 Å². The standard InChI is InChI=1S/C20H15N3O8S2.2Na.2H/c21-12-6-5-9(7-14(12)32(26,27)28)23-13-8-15(33(29,30)31)18(22)17-16(13)19(24)10-3-1-2-4-11(10)20(17)25;;;;/h1-8,23H,21-22H2,(H,26,27,28)(H,29,30,31);;;;/q;2*+1;2*-1. The Bertz CT molecular complexity index is 1620. The molecule has 0 aliphatic heterocycles. The number of nitrogens with one attached hydrogen (secondary N) is 1. The van der Waals surface area contributed by atoms with E-state index in [9.17, 15) is 35.5 Å². The summed E-state index contributed by atoms with van der Waals surface area (Å²) in [6.07, 6.45) is 0. The van der Waals surface area contributed by atoms with Crippen molar-refractivity contribution in [3.05, 3.63) is 70.8 Å². The molecule has 0 radical (unpaired) electrons. The van der Waals surface area contributed by atoms with Gasteiger partial charge in [-0.3, -0.25) is 18.7 Å². The Morgan fingerprint density at radius 2 is 1.26 bits per heavy atom. The predicted molar refractivity (Wildman–Crippen MR) is 120 cm³/mol. The Hall–Kier alpha value is -1.78. The van der Waals surface area contributed by atoms with Crippen molar-refractivity contribution in [1.29, 1.82) is 0 Å². The van der Waals surface area contributed by atoms with Gasteiger partial charge in [0.2, 0.25) is 0 Å². The first-order chi connectivity index (χ1) is 15.3. The molecule has 15 heteroatoms. The van der Waals surface area contributed by atoms with Gasteiger partial charge in [-0.05, 0) is 24.3 Å². The van der Waals surface area contributed by atoms with Crippen molar-refractivity contribution in [1.82, 2.24) is 0 Å². The fourth-order valence-electron chi connectivity index (χ4n) is 3.60. The summed E-state index contributed by atoms with van der Waals surface area (Å²) >= 11 is 0. The maximum atomic E-state index is 13.2. The van der Waals surface area contributed by atoms with E-state index in [2.05, 4.69) is 5.32 Å². The molecule has 0 heterocycles. The number of fused-ring (bicyclic) bond motifs is 2. The zero-order valence-electron chi connectivity index (χ0n) is 20.4. The van der Waals surface area contributed by atoms with Gasteiger partial charge in [0.1, 0.15) is 9.79 Å². The van der Waals surface area contributed by atoms with Crippen molar-refractivity contribution >= 4 is 54.6 Å². The largest absolute Gasteiger partial charge is 1.00 e. The molecule has 0 aromatic heterocycles. The minimum absolute atomic E-state index is 0. The van der Waals surface area contributed by atoms with Gasteiger partial charge < -0.3 is 19.6 Å². The summed E-state index contributed by atoms with van der Waals surface area (Å²) in [5.74, 6) is -1.39. The van der Waals surface area contributed by atoms with Crippen LogP contribution in [0, 0.1) is 0 Å². The van der Waals surface area contributed by atoms with Gasteiger partial charge in [0.05, 0.1) is 28.2 Å². The second kappa shape index (κ2) is 10.3. The van der Waals surface area contributed by atoms with Gasteiger partial charge in [0, 0.05) is 16.8 Å². The summed E-state index contributed by atoms with van der Waals surface area (Å²) < 4.78 is 66.0. The minimum Gasteiger partial charge on any atom is -1.00 e. The molecular formula is C20H17N3Na2O8S2. The van der Waals surface area contributed by atoms with Crippen molar-refractivity contribution in [3.8, 4) is 0 Å². The van der Waals surface area contributed by atoms with Crippen molar-refractivity contribution in [2.24, 2.45) is 0 Å². The Morgan fingerprint density at radius 3 is 1.77 bits per heavy atom.